The zero-order valence-electron chi connectivity index (χ0n) is 6.07. The van der Waals surface area contributed by atoms with Crippen molar-refractivity contribution in [2.45, 2.75) is 18.5 Å². The molecule has 2 heterocycles. The summed E-state index contributed by atoms with van der Waals surface area (Å²) in [4.78, 5) is 15.2. The Kier molecular flexibility index (Phi) is 1.45. The first kappa shape index (κ1) is 6.84. The summed E-state index contributed by atoms with van der Waals surface area (Å²) in [6.45, 7) is 1.97. The molecule has 1 aromatic heterocycles. The van der Waals surface area contributed by atoms with E-state index in [0.29, 0.717) is 5.75 Å². The number of hydrogen-bond acceptors (Lipinski definition) is 4. The number of aryl methyl sites for hydroxylation is 1. The summed E-state index contributed by atoms with van der Waals surface area (Å²) in [5, 5.41) is 4.77. The fraction of sp³-hybridized carbons (Fsp3) is 0.500. The highest BCUT2D eigenvalue weighted by molar-refractivity contribution is 8.00. The van der Waals surface area contributed by atoms with E-state index in [-0.39, 0.29) is 5.91 Å². The predicted molar refractivity (Wildman–Crippen MR) is 40.8 cm³/mol. The van der Waals surface area contributed by atoms with Crippen LogP contribution in [0, 0.1) is 0 Å². The second-order valence-electron chi connectivity index (χ2n) is 2.26. The van der Waals surface area contributed by atoms with Gasteiger partial charge in [0, 0.05) is 6.42 Å². The maximum absolute atomic E-state index is 11.0. The van der Waals surface area contributed by atoms with Gasteiger partial charge in [0.25, 0.3) is 5.91 Å². The Morgan fingerprint density at radius 1 is 1.73 bits per heavy atom. The molecule has 0 atom stereocenters. The zero-order valence-corrected chi connectivity index (χ0v) is 6.89. The smallest absolute Gasteiger partial charge is 0.259 e. The minimum Gasteiger partial charge on any atom is -0.271 e. The van der Waals surface area contributed by atoms with Crippen LogP contribution in [0.3, 0.4) is 0 Å². The van der Waals surface area contributed by atoms with Crippen molar-refractivity contribution in [2.24, 2.45) is 0 Å². The van der Waals surface area contributed by atoms with Gasteiger partial charge in [-0.1, -0.05) is 18.7 Å². The Morgan fingerprint density at radius 3 is 3.18 bits per heavy atom. The molecule has 0 fully saturated rings. The van der Waals surface area contributed by atoms with Gasteiger partial charge < -0.3 is 0 Å². The third-order valence-electron chi connectivity index (χ3n) is 1.50. The molecule has 0 N–H and O–H groups in total. The lowest BCUT2D eigenvalue weighted by molar-refractivity contribution is 0.0923. The molecule has 0 amide bonds. The third kappa shape index (κ3) is 0.956. The number of rotatable bonds is 1. The van der Waals surface area contributed by atoms with Gasteiger partial charge in [-0.2, -0.15) is 4.68 Å². The number of hydrogen-bond donors (Lipinski definition) is 0. The van der Waals surface area contributed by atoms with Gasteiger partial charge >= 0.3 is 0 Å². The average molecular weight is 169 g/mol. The van der Waals surface area contributed by atoms with Crippen LogP contribution in [-0.2, 0) is 6.42 Å². The van der Waals surface area contributed by atoms with Gasteiger partial charge in [-0.05, 0) is 0 Å². The molecular formula is C6H7N3OS. The van der Waals surface area contributed by atoms with Gasteiger partial charge in [-0.25, -0.2) is 4.98 Å². The lowest BCUT2D eigenvalue weighted by Crippen LogP contribution is -2.08. The molecule has 1 aliphatic heterocycles. The predicted octanol–water partition coefficient (Wildman–Crippen LogP) is 0.586. The normalized spacial score (nSPS) is 15.5. The van der Waals surface area contributed by atoms with E-state index in [4.69, 9.17) is 0 Å². The van der Waals surface area contributed by atoms with Crippen LogP contribution in [0.15, 0.2) is 5.16 Å². The van der Waals surface area contributed by atoms with E-state index in [9.17, 15) is 4.79 Å². The summed E-state index contributed by atoms with van der Waals surface area (Å²) in [5.41, 5.74) is 0. The van der Waals surface area contributed by atoms with Crippen molar-refractivity contribution in [3.05, 3.63) is 5.82 Å². The topological polar surface area (TPSA) is 47.8 Å². The van der Waals surface area contributed by atoms with Crippen LogP contribution in [-0.4, -0.2) is 26.4 Å². The summed E-state index contributed by atoms with van der Waals surface area (Å²) in [7, 11) is 0. The number of nitrogens with zero attached hydrogens (tertiary/aromatic N) is 3. The molecule has 0 saturated carbocycles. The first-order valence-electron chi connectivity index (χ1n) is 3.43. The van der Waals surface area contributed by atoms with E-state index >= 15 is 0 Å². The largest absolute Gasteiger partial charge is 0.271 e. The monoisotopic (exact) mass is 169 g/mol. The zero-order chi connectivity index (χ0) is 7.84. The molecule has 1 aromatic rings. The summed E-state index contributed by atoms with van der Waals surface area (Å²) >= 11 is 1.45. The average Bonchev–Trinajstić information content (AvgIpc) is 2.53. The second-order valence-corrected chi connectivity index (χ2v) is 3.20. The highest BCUT2D eigenvalue weighted by Crippen LogP contribution is 2.22. The van der Waals surface area contributed by atoms with E-state index in [0.717, 1.165) is 17.4 Å². The van der Waals surface area contributed by atoms with Gasteiger partial charge in [0.15, 0.2) is 11.0 Å². The molecule has 0 bridgehead atoms. The molecule has 2 rings (SSSR count). The summed E-state index contributed by atoms with van der Waals surface area (Å²) in [5.74, 6) is 1.28. The molecule has 11 heavy (non-hydrogen) atoms. The molecular weight excluding hydrogens is 162 g/mol. The Labute approximate surface area is 68.0 Å². The van der Waals surface area contributed by atoms with Crippen molar-refractivity contribution in [3.8, 4) is 0 Å². The van der Waals surface area contributed by atoms with Crippen LogP contribution < -0.4 is 0 Å². The molecule has 1 aliphatic rings. The lowest BCUT2D eigenvalue weighted by atomic mass is 10.5. The van der Waals surface area contributed by atoms with Crippen LogP contribution >= 0.6 is 11.8 Å². The fourth-order valence-corrected chi connectivity index (χ4v) is 1.74. The van der Waals surface area contributed by atoms with Crippen LogP contribution in [0.2, 0.25) is 0 Å². The SMILES string of the molecule is CCc1nc2n(n1)C(=O)CS2. The molecule has 0 saturated heterocycles. The van der Waals surface area contributed by atoms with Crippen molar-refractivity contribution in [3.63, 3.8) is 0 Å². The maximum Gasteiger partial charge on any atom is 0.259 e. The van der Waals surface area contributed by atoms with Crippen LogP contribution in [0.4, 0.5) is 0 Å². The van der Waals surface area contributed by atoms with Gasteiger partial charge in [0.05, 0.1) is 5.75 Å². The molecule has 0 aliphatic carbocycles. The Bertz CT molecular complexity index is 307. The van der Waals surface area contributed by atoms with Gasteiger partial charge in [0.2, 0.25) is 0 Å². The van der Waals surface area contributed by atoms with Crippen molar-refractivity contribution >= 4 is 17.7 Å². The van der Waals surface area contributed by atoms with Gasteiger partial charge in [0.1, 0.15) is 0 Å². The summed E-state index contributed by atoms with van der Waals surface area (Å²) in [6.07, 6.45) is 0.786. The van der Waals surface area contributed by atoms with Crippen molar-refractivity contribution < 1.29 is 4.79 Å². The maximum atomic E-state index is 11.0. The van der Waals surface area contributed by atoms with Gasteiger partial charge in [-0.3, -0.25) is 4.79 Å². The Morgan fingerprint density at radius 2 is 2.55 bits per heavy atom. The Balaban J connectivity index is 2.46. The minimum absolute atomic E-state index is 0.0391. The van der Waals surface area contributed by atoms with Crippen molar-refractivity contribution in [1.29, 1.82) is 0 Å². The molecule has 0 unspecified atom stereocenters. The lowest BCUT2D eigenvalue weighted by Gasteiger charge is -1.85. The summed E-state index contributed by atoms with van der Waals surface area (Å²) < 4.78 is 1.39. The fourth-order valence-electron chi connectivity index (χ4n) is 0.931. The first-order chi connectivity index (χ1) is 5.31. The van der Waals surface area contributed by atoms with Crippen molar-refractivity contribution in [2.75, 3.05) is 5.75 Å². The standard InChI is InChI=1S/C6H7N3OS/c1-2-4-7-6-9(8-4)5(10)3-11-6/h2-3H2,1H3. The van der Waals surface area contributed by atoms with E-state index < -0.39 is 0 Å². The van der Waals surface area contributed by atoms with Crippen LogP contribution in [0.1, 0.15) is 17.5 Å². The summed E-state index contributed by atoms with van der Waals surface area (Å²) in [6, 6.07) is 0. The second kappa shape index (κ2) is 2.34. The quantitative estimate of drug-likeness (QED) is 0.617. The number of thioether (sulfide) groups is 1. The minimum atomic E-state index is 0.0391. The Hall–Kier alpha value is -0.840. The first-order valence-corrected chi connectivity index (χ1v) is 4.41. The van der Waals surface area contributed by atoms with Crippen LogP contribution in [0.5, 0.6) is 0 Å². The van der Waals surface area contributed by atoms with Crippen LogP contribution in [0.25, 0.3) is 0 Å². The van der Waals surface area contributed by atoms with E-state index in [1.807, 2.05) is 6.92 Å². The van der Waals surface area contributed by atoms with E-state index in [2.05, 4.69) is 10.1 Å². The molecule has 0 spiro atoms. The third-order valence-corrected chi connectivity index (χ3v) is 2.41. The molecule has 58 valence electrons. The molecule has 0 aromatic carbocycles. The highest BCUT2D eigenvalue weighted by Gasteiger charge is 2.22. The number of aromatic nitrogens is 3. The van der Waals surface area contributed by atoms with E-state index in [1.54, 1.807) is 0 Å². The number of fused-ring (bicyclic) bond motifs is 1. The molecule has 0 radical (unpaired) electrons. The highest BCUT2D eigenvalue weighted by atomic mass is 32.2. The molecule has 5 heteroatoms. The van der Waals surface area contributed by atoms with E-state index in [1.165, 1.54) is 16.4 Å². The van der Waals surface area contributed by atoms with Crippen molar-refractivity contribution in [1.82, 2.24) is 14.8 Å². The molecule has 4 nitrogen and oxygen atoms in total. The van der Waals surface area contributed by atoms with Gasteiger partial charge in [-0.15, -0.1) is 5.10 Å². The number of carbonyl (C=O) groups is 1. The number of carbonyl (C=O) groups excluding carboxylic acids is 1.